The summed E-state index contributed by atoms with van der Waals surface area (Å²) >= 11 is 0. The minimum atomic E-state index is -0.642. The first kappa shape index (κ1) is 21.9. The van der Waals surface area contributed by atoms with E-state index in [1.54, 1.807) is 41.3 Å². The van der Waals surface area contributed by atoms with Crippen molar-refractivity contribution in [1.29, 1.82) is 0 Å². The number of hydrogen-bond acceptors (Lipinski definition) is 6. The Labute approximate surface area is 191 Å². The van der Waals surface area contributed by atoms with Crippen molar-refractivity contribution in [3.05, 3.63) is 84.9 Å². The molecule has 168 valence electrons. The number of rotatable bonds is 8. The normalized spacial score (nSPS) is 15.0. The van der Waals surface area contributed by atoms with Gasteiger partial charge >= 0.3 is 0 Å². The number of para-hydroxylation sites is 1. The van der Waals surface area contributed by atoms with E-state index in [9.17, 15) is 9.59 Å². The van der Waals surface area contributed by atoms with Gasteiger partial charge < -0.3 is 25.4 Å². The maximum absolute atomic E-state index is 11.9. The quantitative estimate of drug-likeness (QED) is 0.509. The highest BCUT2D eigenvalue weighted by molar-refractivity contribution is 5.95. The van der Waals surface area contributed by atoms with E-state index in [1.165, 1.54) is 6.08 Å². The van der Waals surface area contributed by atoms with Crippen molar-refractivity contribution in [2.45, 2.75) is 12.5 Å². The molecule has 4 rings (SSSR count). The number of nitrogens with two attached hydrogens (primary N) is 1. The van der Waals surface area contributed by atoms with Crippen LogP contribution >= 0.6 is 0 Å². The average molecular weight is 444 g/mol. The Balaban J connectivity index is 1.46. The molecule has 3 aromatic rings. The van der Waals surface area contributed by atoms with Crippen LogP contribution in [-0.2, 0) is 4.79 Å². The summed E-state index contributed by atoms with van der Waals surface area (Å²) in [6.45, 7) is 4.71. The number of carbonyl (C=O) groups is 2. The van der Waals surface area contributed by atoms with E-state index in [-0.39, 0.29) is 23.4 Å². The van der Waals surface area contributed by atoms with Gasteiger partial charge in [0.1, 0.15) is 28.6 Å². The zero-order valence-electron chi connectivity index (χ0n) is 17.9. The van der Waals surface area contributed by atoms with Gasteiger partial charge in [0.2, 0.25) is 11.8 Å². The lowest BCUT2D eigenvalue weighted by Gasteiger charge is -2.17. The minimum Gasteiger partial charge on any atom is -0.457 e. The smallest absolute Gasteiger partial charge is 0.254 e. The second-order valence-electron chi connectivity index (χ2n) is 7.52. The van der Waals surface area contributed by atoms with Crippen LogP contribution in [0, 0.1) is 0 Å². The molecule has 0 aliphatic carbocycles. The second-order valence-corrected chi connectivity index (χ2v) is 7.52. The number of likely N-dealkylation sites (tertiary alicyclic amines) is 1. The lowest BCUT2D eigenvalue weighted by Crippen LogP contribution is -2.30. The zero-order chi connectivity index (χ0) is 23.2. The molecule has 2 aromatic carbocycles. The fraction of sp³-hybridized carbons (Fsp3) is 0.160. The number of nitrogens with one attached hydrogen (secondary N) is 1. The van der Waals surface area contributed by atoms with Gasteiger partial charge in [-0.1, -0.05) is 24.8 Å². The highest BCUT2D eigenvalue weighted by Gasteiger charge is 2.25. The van der Waals surface area contributed by atoms with Crippen molar-refractivity contribution >= 4 is 17.6 Å². The summed E-state index contributed by atoms with van der Waals surface area (Å²) in [4.78, 5) is 29.8. The molecule has 1 aliphatic rings. The monoisotopic (exact) mass is 444 g/mol. The van der Waals surface area contributed by atoms with Crippen LogP contribution in [-0.4, -0.2) is 40.8 Å². The highest BCUT2D eigenvalue weighted by Crippen LogP contribution is 2.29. The molecule has 0 bridgehead atoms. The van der Waals surface area contributed by atoms with Gasteiger partial charge in [0.15, 0.2) is 0 Å². The molecule has 33 heavy (non-hydrogen) atoms. The summed E-state index contributed by atoms with van der Waals surface area (Å²) < 4.78 is 11.7. The fourth-order valence-corrected chi connectivity index (χ4v) is 3.51. The van der Waals surface area contributed by atoms with Crippen molar-refractivity contribution < 1.29 is 19.1 Å². The first-order valence-corrected chi connectivity index (χ1v) is 10.5. The molecule has 0 spiro atoms. The van der Waals surface area contributed by atoms with E-state index in [4.69, 9.17) is 15.2 Å². The van der Waals surface area contributed by atoms with E-state index >= 15 is 0 Å². The third-order valence-corrected chi connectivity index (χ3v) is 5.17. The first-order valence-electron chi connectivity index (χ1n) is 10.5. The van der Waals surface area contributed by atoms with Crippen LogP contribution in [0.2, 0.25) is 0 Å². The maximum atomic E-state index is 11.9. The van der Waals surface area contributed by atoms with E-state index in [0.717, 1.165) is 12.2 Å². The molecule has 0 saturated carbocycles. The van der Waals surface area contributed by atoms with Crippen molar-refractivity contribution in [3.8, 4) is 23.1 Å². The van der Waals surface area contributed by atoms with Gasteiger partial charge in [0, 0.05) is 19.1 Å². The Morgan fingerprint density at radius 3 is 2.33 bits per heavy atom. The van der Waals surface area contributed by atoms with Gasteiger partial charge in [-0.15, -0.1) is 0 Å². The predicted molar refractivity (Wildman–Crippen MR) is 125 cm³/mol. The summed E-state index contributed by atoms with van der Waals surface area (Å²) in [5.74, 6) is 1.73. The number of pyridine rings is 1. The number of nitrogens with zero attached hydrogens (tertiary/aromatic N) is 2. The molecule has 1 fully saturated rings. The number of benzene rings is 2. The number of hydrogen-bond donors (Lipinski definition) is 2. The minimum absolute atomic E-state index is 0.0306. The van der Waals surface area contributed by atoms with Crippen molar-refractivity contribution in [2.24, 2.45) is 5.73 Å². The molecule has 3 N–H and O–H groups in total. The lowest BCUT2D eigenvalue weighted by molar-refractivity contribution is -0.125. The molecule has 1 unspecified atom stereocenters. The van der Waals surface area contributed by atoms with Crippen molar-refractivity contribution in [3.63, 3.8) is 0 Å². The molecule has 1 saturated heterocycles. The van der Waals surface area contributed by atoms with Crippen molar-refractivity contribution in [2.75, 3.05) is 18.4 Å². The number of primary amides is 1. The van der Waals surface area contributed by atoms with Crippen LogP contribution in [0.3, 0.4) is 0 Å². The van der Waals surface area contributed by atoms with E-state index < -0.39 is 5.91 Å². The fourth-order valence-electron chi connectivity index (χ4n) is 3.51. The van der Waals surface area contributed by atoms with Crippen LogP contribution in [0.25, 0.3) is 0 Å². The molecule has 1 aromatic heterocycles. The van der Waals surface area contributed by atoms with Gasteiger partial charge in [0.05, 0.1) is 0 Å². The third-order valence-electron chi connectivity index (χ3n) is 5.17. The molecule has 2 heterocycles. The Morgan fingerprint density at radius 1 is 1.00 bits per heavy atom. The van der Waals surface area contributed by atoms with Crippen LogP contribution in [0.1, 0.15) is 16.8 Å². The van der Waals surface area contributed by atoms with E-state index in [1.807, 2.05) is 30.3 Å². The number of anilines is 1. The Bertz CT molecular complexity index is 1150. The van der Waals surface area contributed by atoms with Crippen LogP contribution in [0.5, 0.6) is 23.1 Å². The van der Waals surface area contributed by atoms with Crippen LogP contribution in [0.4, 0.5) is 5.82 Å². The van der Waals surface area contributed by atoms with Crippen LogP contribution in [0.15, 0.2) is 79.4 Å². The summed E-state index contributed by atoms with van der Waals surface area (Å²) in [5, 5.41) is 3.29. The van der Waals surface area contributed by atoms with Gasteiger partial charge in [-0.25, -0.2) is 0 Å². The third kappa shape index (κ3) is 5.48. The summed E-state index contributed by atoms with van der Waals surface area (Å²) in [6.07, 6.45) is 2.09. The zero-order valence-corrected chi connectivity index (χ0v) is 17.9. The predicted octanol–water partition coefficient (Wildman–Crippen LogP) is 3.96. The Kier molecular flexibility index (Phi) is 6.54. The number of ether oxygens (including phenoxy) is 2. The Hall–Kier alpha value is -4.33. The molecule has 0 radical (unpaired) electrons. The molecular formula is C25H24N4O4. The van der Waals surface area contributed by atoms with Gasteiger partial charge in [-0.2, -0.15) is 4.98 Å². The van der Waals surface area contributed by atoms with E-state index in [0.29, 0.717) is 30.4 Å². The summed E-state index contributed by atoms with van der Waals surface area (Å²) in [7, 11) is 0. The number of carbonyl (C=O) groups excluding carboxylic acids is 2. The second kappa shape index (κ2) is 9.86. The molecule has 1 atom stereocenters. The molecule has 8 heteroatoms. The van der Waals surface area contributed by atoms with Gasteiger partial charge in [-0.05, 0) is 61.0 Å². The van der Waals surface area contributed by atoms with Crippen molar-refractivity contribution in [1.82, 2.24) is 9.88 Å². The van der Waals surface area contributed by atoms with Gasteiger partial charge in [-0.3, -0.25) is 9.59 Å². The molecule has 8 nitrogen and oxygen atoms in total. The summed E-state index contributed by atoms with van der Waals surface area (Å²) in [6, 6.07) is 19.7. The molecular weight excluding hydrogens is 420 g/mol. The molecule has 1 aliphatic heterocycles. The van der Waals surface area contributed by atoms with E-state index in [2.05, 4.69) is 16.9 Å². The Morgan fingerprint density at radius 2 is 1.67 bits per heavy atom. The standard InChI is InChI=1S/C25H24N4O4/c1-2-23(30)29-15-14-17(16-29)27-22-13-12-21(24(26)31)25(28-22)33-20-10-8-19(9-11-20)32-18-6-4-3-5-7-18/h2-13,17H,1,14-16H2,(H2,26,31)(H,27,28). The lowest BCUT2D eigenvalue weighted by atomic mass is 10.2. The van der Waals surface area contributed by atoms with Crippen LogP contribution < -0.4 is 20.5 Å². The maximum Gasteiger partial charge on any atom is 0.254 e. The largest absolute Gasteiger partial charge is 0.457 e. The highest BCUT2D eigenvalue weighted by atomic mass is 16.5. The first-order chi connectivity index (χ1) is 16.0. The summed E-state index contributed by atoms with van der Waals surface area (Å²) in [5.41, 5.74) is 5.67. The van der Waals surface area contributed by atoms with Gasteiger partial charge in [0.25, 0.3) is 5.91 Å². The average Bonchev–Trinajstić information content (AvgIpc) is 3.29. The number of aromatic nitrogens is 1. The number of amides is 2. The topological polar surface area (TPSA) is 107 Å². The molecule has 2 amide bonds. The SMILES string of the molecule is C=CC(=O)N1CCC(Nc2ccc(C(N)=O)c(Oc3ccc(Oc4ccccc4)cc3)n2)C1.